The molecular weight excluding hydrogens is 594 g/mol. The maximum absolute atomic E-state index is 5.27. The van der Waals surface area contributed by atoms with Crippen LogP contribution in [0.25, 0.3) is 79.0 Å². The van der Waals surface area contributed by atoms with Crippen molar-refractivity contribution >= 4 is 55.7 Å². The Labute approximate surface area is 274 Å². The van der Waals surface area contributed by atoms with E-state index < -0.39 is 0 Å². The van der Waals surface area contributed by atoms with Crippen LogP contribution < -0.4 is 0 Å². The van der Waals surface area contributed by atoms with Crippen LogP contribution in [0, 0.1) is 27.7 Å². The first-order valence-corrected chi connectivity index (χ1v) is 16.1. The molecule has 0 spiro atoms. The van der Waals surface area contributed by atoms with Gasteiger partial charge in [-0.3, -0.25) is 8.80 Å². The number of imidazole rings is 4. The van der Waals surface area contributed by atoms with Crippen LogP contribution in [0.2, 0.25) is 0 Å². The zero-order valence-electron chi connectivity index (χ0n) is 26.8. The summed E-state index contributed by atoms with van der Waals surface area (Å²) in [5.74, 6) is 3.04. The molecule has 0 aliphatic rings. The molecule has 48 heavy (non-hydrogen) atoms. The highest BCUT2D eigenvalue weighted by Gasteiger charge is 2.24. The van der Waals surface area contributed by atoms with E-state index in [0.717, 1.165) is 72.4 Å². The lowest BCUT2D eigenvalue weighted by Crippen LogP contribution is -2.11. The molecule has 0 bridgehead atoms. The predicted octanol–water partition coefficient (Wildman–Crippen LogP) is 8.26. The lowest BCUT2D eigenvalue weighted by atomic mass is 10.0. The van der Waals surface area contributed by atoms with Gasteiger partial charge in [0.05, 0.1) is 44.1 Å². The van der Waals surface area contributed by atoms with E-state index in [1.807, 2.05) is 34.9 Å². The number of benzene rings is 5. The maximum atomic E-state index is 5.27. The number of fused-ring (bicyclic) bond motifs is 10. The van der Waals surface area contributed by atoms with Crippen molar-refractivity contribution in [2.45, 2.75) is 27.7 Å². The Hall–Kier alpha value is -6.35. The van der Waals surface area contributed by atoms with Gasteiger partial charge in [0.1, 0.15) is 0 Å². The van der Waals surface area contributed by atoms with Gasteiger partial charge >= 0.3 is 0 Å². The SMILES string of the molecule is Cc1cc(C)c2nc3n(-c4nc(-c5cccc(C)c5C)nc(-n5c6ccccc6n6c7ccccc7nc56)n4)c4ccccc4n3c2c1. The molecule has 5 aromatic heterocycles. The van der Waals surface area contributed by atoms with Gasteiger partial charge in [0.2, 0.25) is 23.5 Å². The van der Waals surface area contributed by atoms with Crippen LogP contribution in [0.4, 0.5) is 0 Å². The third-order valence-corrected chi connectivity index (χ3v) is 9.60. The van der Waals surface area contributed by atoms with Crippen LogP contribution >= 0.6 is 0 Å². The summed E-state index contributed by atoms with van der Waals surface area (Å²) in [6, 6.07) is 35.5. The minimum Gasteiger partial charge on any atom is -0.276 e. The van der Waals surface area contributed by atoms with E-state index >= 15 is 0 Å². The van der Waals surface area contributed by atoms with Gasteiger partial charge in [0.15, 0.2) is 5.82 Å². The topological polar surface area (TPSA) is 83.1 Å². The summed E-state index contributed by atoms with van der Waals surface area (Å²) in [5.41, 5.74) is 13.5. The Morgan fingerprint density at radius 1 is 0.458 bits per heavy atom. The fourth-order valence-corrected chi connectivity index (χ4v) is 7.26. The molecule has 0 unspecified atom stereocenters. The standard InChI is InChI=1S/C39H29N9/c1-22-20-24(3)34-33(21-22)46-30-17-8-10-19-32(30)48(39(46)41-34)37-43-35(26-13-11-12-23(2)25(26)4)42-36(44-37)47-31-18-9-7-16-29(31)45-28-15-6-5-14-27(28)40-38(45)47/h5-21H,1-4H3. The molecule has 10 rings (SSSR count). The summed E-state index contributed by atoms with van der Waals surface area (Å²) in [5, 5.41) is 0. The molecule has 0 saturated heterocycles. The number of rotatable bonds is 3. The predicted molar refractivity (Wildman–Crippen MR) is 190 cm³/mol. The summed E-state index contributed by atoms with van der Waals surface area (Å²) in [6.45, 7) is 8.48. The number of para-hydroxylation sites is 6. The van der Waals surface area contributed by atoms with Crippen LogP contribution in [-0.2, 0) is 0 Å². The van der Waals surface area contributed by atoms with E-state index in [4.69, 9.17) is 24.9 Å². The van der Waals surface area contributed by atoms with E-state index in [1.165, 1.54) is 11.1 Å². The van der Waals surface area contributed by atoms with Crippen molar-refractivity contribution in [2.75, 3.05) is 0 Å². The minimum atomic E-state index is 0.483. The van der Waals surface area contributed by atoms with Gasteiger partial charge in [-0.25, -0.2) is 19.1 Å². The van der Waals surface area contributed by atoms with Crippen molar-refractivity contribution in [1.29, 1.82) is 0 Å². The van der Waals surface area contributed by atoms with Gasteiger partial charge in [0.25, 0.3) is 0 Å². The van der Waals surface area contributed by atoms with Crippen molar-refractivity contribution in [1.82, 2.24) is 42.9 Å². The first-order valence-electron chi connectivity index (χ1n) is 16.1. The second-order valence-electron chi connectivity index (χ2n) is 12.6. The number of aromatic nitrogens is 9. The Morgan fingerprint density at radius 2 is 1.04 bits per heavy atom. The molecule has 0 N–H and O–H groups in total. The van der Waals surface area contributed by atoms with E-state index in [9.17, 15) is 0 Å². The molecule has 0 saturated carbocycles. The highest BCUT2D eigenvalue weighted by atomic mass is 15.3. The van der Waals surface area contributed by atoms with Crippen molar-refractivity contribution in [2.24, 2.45) is 0 Å². The molecule has 230 valence electrons. The molecular formula is C39H29N9. The average Bonchev–Trinajstić information content (AvgIpc) is 3.82. The monoisotopic (exact) mass is 623 g/mol. The lowest BCUT2D eigenvalue weighted by Gasteiger charge is -2.12. The van der Waals surface area contributed by atoms with Crippen LogP contribution in [0.15, 0.2) is 103 Å². The molecule has 10 aromatic rings. The summed E-state index contributed by atoms with van der Waals surface area (Å²) >= 11 is 0. The summed E-state index contributed by atoms with van der Waals surface area (Å²) in [4.78, 5) is 26.0. The zero-order chi connectivity index (χ0) is 32.3. The first-order chi connectivity index (χ1) is 23.5. The van der Waals surface area contributed by atoms with E-state index in [2.05, 4.69) is 114 Å². The molecule has 0 fully saturated rings. The Morgan fingerprint density at radius 3 is 1.73 bits per heavy atom. The van der Waals surface area contributed by atoms with E-state index in [-0.39, 0.29) is 0 Å². The molecule has 9 nitrogen and oxygen atoms in total. The van der Waals surface area contributed by atoms with Gasteiger partial charge in [-0.2, -0.15) is 15.0 Å². The Kier molecular flexibility index (Phi) is 5.36. The van der Waals surface area contributed by atoms with Crippen molar-refractivity contribution < 1.29 is 0 Å². The first kappa shape index (κ1) is 26.8. The van der Waals surface area contributed by atoms with E-state index in [1.54, 1.807) is 0 Å². The Balaban J connectivity index is 1.36. The second-order valence-corrected chi connectivity index (χ2v) is 12.6. The largest absolute Gasteiger partial charge is 0.276 e. The molecule has 0 aliphatic carbocycles. The van der Waals surface area contributed by atoms with Crippen molar-refractivity contribution in [3.8, 4) is 23.3 Å². The molecule has 0 radical (unpaired) electrons. The maximum Gasteiger partial charge on any atom is 0.242 e. The minimum absolute atomic E-state index is 0.483. The van der Waals surface area contributed by atoms with Crippen LogP contribution in [0.1, 0.15) is 22.3 Å². The highest BCUT2D eigenvalue weighted by molar-refractivity contribution is 5.94. The van der Waals surface area contributed by atoms with Gasteiger partial charge in [-0.15, -0.1) is 0 Å². The normalized spacial score (nSPS) is 12.2. The summed E-state index contributed by atoms with van der Waals surface area (Å²) in [6.07, 6.45) is 0. The number of hydrogen-bond donors (Lipinski definition) is 0. The van der Waals surface area contributed by atoms with Crippen LogP contribution in [0.5, 0.6) is 0 Å². The molecule has 5 aromatic carbocycles. The second kappa shape index (κ2) is 9.59. The van der Waals surface area contributed by atoms with Gasteiger partial charge in [-0.1, -0.05) is 60.7 Å². The van der Waals surface area contributed by atoms with Gasteiger partial charge in [-0.05, 0) is 92.4 Å². The zero-order valence-corrected chi connectivity index (χ0v) is 26.8. The quantitative estimate of drug-likeness (QED) is 0.198. The third-order valence-electron chi connectivity index (χ3n) is 9.60. The Bertz CT molecular complexity index is 2950. The van der Waals surface area contributed by atoms with Crippen molar-refractivity contribution in [3.05, 3.63) is 125 Å². The summed E-state index contributed by atoms with van der Waals surface area (Å²) in [7, 11) is 0. The molecule has 0 amide bonds. The molecule has 5 heterocycles. The fourth-order valence-electron chi connectivity index (χ4n) is 7.26. The lowest BCUT2D eigenvalue weighted by molar-refractivity contribution is 0.877. The van der Waals surface area contributed by atoms with Gasteiger partial charge < -0.3 is 0 Å². The van der Waals surface area contributed by atoms with Crippen LogP contribution in [-0.4, -0.2) is 42.9 Å². The third kappa shape index (κ3) is 3.58. The average molecular weight is 624 g/mol. The smallest absolute Gasteiger partial charge is 0.242 e. The summed E-state index contributed by atoms with van der Waals surface area (Å²) < 4.78 is 8.51. The number of aryl methyl sites for hydroxylation is 3. The van der Waals surface area contributed by atoms with E-state index in [0.29, 0.717) is 17.7 Å². The molecule has 0 aliphatic heterocycles. The number of hydrogen-bond acceptors (Lipinski definition) is 5. The van der Waals surface area contributed by atoms with Gasteiger partial charge in [0, 0.05) is 5.56 Å². The molecule has 9 heteroatoms. The number of nitrogens with zero attached hydrogens (tertiary/aromatic N) is 9. The molecule has 0 atom stereocenters. The van der Waals surface area contributed by atoms with Crippen LogP contribution in [0.3, 0.4) is 0 Å². The fraction of sp³-hybridized carbons (Fsp3) is 0.103. The highest BCUT2D eigenvalue weighted by Crippen LogP contribution is 2.33. The van der Waals surface area contributed by atoms with Crippen molar-refractivity contribution in [3.63, 3.8) is 0 Å².